The molecule has 1 saturated carbocycles. The fraction of sp³-hybridized carbons (Fsp3) is 0.435. The average Bonchev–Trinajstić information content (AvgIpc) is 3.33. The molecule has 2 aromatic rings. The summed E-state index contributed by atoms with van der Waals surface area (Å²) in [5, 5.41) is 3.28. The van der Waals surface area contributed by atoms with E-state index in [4.69, 9.17) is 5.73 Å². The van der Waals surface area contributed by atoms with Crippen LogP contribution in [0, 0.1) is 13.8 Å². The summed E-state index contributed by atoms with van der Waals surface area (Å²) in [6.45, 7) is 3.70. The number of primary amides is 1. The van der Waals surface area contributed by atoms with Crippen LogP contribution >= 0.6 is 11.3 Å². The van der Waals surface area contributed by atoms with Crippen LogP contribution in [0.4, 0.5) is 5.00 Å². The molecule has 0 aliphatic heterocycles. The van der Waals surface area contributed by atoms with Crippen molar-refractivity contribution in [1.29, 1.82) is 0 Å². The van der Waals surface area contributed by atoms with Gasteiger partial charge >= 0.3 is 0 Å². The molecule has 30 heavy (non-hydrogen) atoms. The lowest BCUT2D eigenvalue weighted by molar-refractivity contribution is -0.136. The van der Waals surface area contributed by atoms with Crippen LogP contribution in [0.1, 0.15) is 58.5 Å². The summed E-state index contributed by atoms with van der Waals surface area (Å²) in [5.41, 5.74) is 7.75. The molecule has 0 unspecified atom stereocenters. The topological polar surface area (TPSA) is 92.5 Å². The number of nitrogens with two attached hydrogens (primary N) is 1. The predicted octanol–water partition coefficient (Wildman–Crippen LogP) is 3.81. The van der Waals surface area contributed by atoms with E-state index in [9.17, 15) is 14.4 Å². The van der Waals surface area contributed by atoms with Crippen LogP contribution in [0.2, 0.25) is 0 Å². The Balaban J connectivity index is 1.69. The number of amides is 3. The largest absolute Gasteiger partial charge is 0.365 e. The summed E-state index contributed by atoms with van der Waals surface area (Å²) in [6, 6.07) is 9.99. The van der Waals surface area contributed by atoms with Crippen LogP contribution in [0.3, 0.4) is 0 Å². The van der Waals surface area contributed by atoms with Gasteiger partial charge in [-0.25, -0.2) is 0 Å². The standard InChI is InChI=1S/C23H29N3O3S/c1-15-16(2)30-23(21(15)22(24)29)25-19(27)14-26(18-10-6-7-11-18)20(28)13-12-17-8-4-3-5-9-17/h3-5,8-9,18H,6-7,10-14H2,1-2H3,(H2,24,29)(H,25,27). The Morgan fingerprint density at radius 1 is 1.13 bits per heavy atom. The van der Waals surface area contributed by atoms with Crippen molar-refractivity contribution in [2.24, 2.45) is 5.73 Å². The van der Waals surface area contributed by atoms with Crippen molar-refractivity contribution in [2.45, 2.75) is 58.4 Å². The number of thiophene rings is 1. The van der Waals surface area contributed by atoms with E-state index in [0.29, 0.717) is 23.4 Å². The number of nitrogens with zero attached hydrogens (tertiary/aromatic N) is 1. The number of anilines is 1. The summed E-state index contributed by atoms with van der Waals surface area (Å²) >= 11 is 1.34. The first kappa shape index (κ1) is 22.0. The van der Waals surface area contributed by atoms with Crippen molar-refractivity contribution in [1.82, 2.24) is 4.90 Å². The number of rotatable bonds is 8. The smallest absolute Gasteiger partial charge is 0.251 e. The van der Waals surface area contributed by atoms with E-state index >= 15 is 0 Å². The molecule has 0 radical (unpaired) electrons. The Kier molecular flexibility index (Phi) is 7.26. The maximum Gasteiger partial charge on any atom is 0.251 e. The van der Waals surface area contributed by atoms with E-state index in [1.165, 1.54) is 11.3 Å². The Bertz CT molecular complexity index is 917. The summed E-state index contributed by atoms with van der Waals surface area (Å²) in [7, 11) is 0. The fourth-order valence-electron chi connectivity index (χ4n) is 4.01. The van der Waals surface area contributed by atoms with Crippen LogP contribution in [0.15, 0.2) is 30.3 Å². The lowest BCUT2D eigenvalue weighted by Gasteiger charge is -2.28. The maximum absolute atomic E-state index is 13.0. The molecular weight excluding hydrogens is 398 g/mol. The molecule has 3 N–H and O–H groups in total. The number of carbonyl (C=O) groups is 3. The van der Waals surface area contributed by atoms with E-state index in [2.05, 4.69) is 5.32 Å². The van der Waals surface area contributed by atoms with Gasteiger partial charge in [-0.2, -0.15) is 0 Å². The van der Waals surface area contributed by atoms with Gasteiger partial charge in [0.25, 0.3) is 5.91 Å². The number of hydrogen-bond donors (Lipinski definition) is 2. The molecule has 1 aliphatic rings. The Morgan fingerprint density at radius 2 is 1.80 bits per heavy atom. The van der Waals surface area contributed by atoms with Crippen LogP contribution in [-0.4, -0.2) is 35.2 Å². The van der Waals surface area contributed by atoms with Crippen molar-refractivity contribution in [3.05, 3.63) is 51.9 Å². The average molecular weight is 428 g/mol. The van der Waals surface area contributed by atoms with Crippen molar-refractivity contribution in [3.63, 3.8) is 0 Å². The van der Waals surface area contributed by atoms with Gasteiger partial charge in [0.15, 0.2) is 0 Å². The molecule has 1 heterocycles. The van der Waals surface area contributed by atoms with Gasteiger partial charge in [0.05, 0.1) is 5.56 Å². The first-order valence-electron chi connectivity index (χ1n) is 10.4. The molecule has 0 spiro atoms. The Hall–Kier alpha value is -2.67. The molecule has 3 amide bonds. The number of benzene rings is 1. The van der Waals surface area contributed by atoms with E-state index in [1.807, 2.05) is 44.2 Å². The summed E-state index contributed by atoms with van der Waals surface area (Å²) in [4.78, 5) is 40.3. The number of nitrogens with one attached hydrogen (secondary N) is 1. The molecule has 7 heteroatoms. The lowest BCUT2D eigenvalue weighted by atomic mass is 10.1. The Morgan fingerprint density at radius 3 is 2.43 bits per heavy atom. The normalized spacial score (nSPS) is 13.9. The van der Waals surface area contributed by atoms with Crippen LogP contribution in [0.5, 0.6) is 0 Å². The highest BCUT2D eigenvalue weighted by Gasteiger charge is 2.29. The molecule has 0 atom stereocenters. The molecular formula is C23H29N3O3S. The molecule has 1 aromatic heterocycles. The minimum absolute atomic E-state index is 0.00503. The molecule has 160 valence electrons. The minimum atomic E-state index is -0.557. The van der Waals surface area contributed by atoms with Crippen LogP contribution < -0.4 is 11.1 Å². The molecule has 0 bridgehead atoms. The molecule has 0 saturated heterocycles. The van der Waals surface area contributed by atoms with Gasteiger partial charge in [-0.15, -0.1) is 11.3 Å². The third-order valence-corrected chi connectivity index (χ3v) is 6.88. The van der Waals surface area contributed by atoms with Gasteiger partial charge in [-0.05, 0) is 44.2 Å². The maximum atomic E-state index is 13.0. The Labute approximate surface area is 181 Å². The zero-order valence-corrected chi connectivity index (χ0v) is 18.4. The third kappa shape index (κ3) is 5.27. The minimum Gasteiger partial charge on any atom is -0.365 e. The van der Waals surface area contributed by atoms with Crippen molar-refractivity contribution >= 4 is 34.1 Å². The van der Waals surface area contributed by atoms with E-state index in [1.54, 1.807) is 4.90 Å². The second-order valence-corrected chi connectivity index (χ2v) is 9.07. The zero-order valence-electron chi connectivity index (χ0n) is 17.6. The summed E-state index contributed by atoms with van der Waals surface area (Å²) in [6.07, 6.45) is 5.02. The third-order valence-electron chi connectivity index (χ3n) is 5.75. The van der Waals surface area contributed by atoms with Crippen molar-refractivity contribution < 1.29 is 14.4 Å². The quantitative estimate of drug-likeness (QED) is 0.671. The van der Waals surface area contributed by atoms with Gasteiger partial charge in [-0.1, -0.05) is 43.2 Å². The second-order valence-electron chi connectivity index (χ2n) is 7.85. The molecule has 6 nitrogen and oxygen atoms in total. The van der Waals surface area contributed by atoms with Gasteiger partial charge in [0.1, 0.15) is 11.5 Å². The van der Waals surface area contributed by atoms with Gasteiger partial charge < -0.3 is 16.0 Å². The highest BCUT2D eigenvalue weighted by atomic mass is 32.1. The summed E-state index contributed by atoms with van der Waals surface area (Å²) in [5.74, 6) is -0.855. The molecule has 1 aliphatic carbocycles. The van der Waals surface area contributed by atoms with E-state index < -0.39 is 5.91 Å². The summed E-state index contributed by atoms with van der Waals surface area (Å²) < 4.78 is 0. The van der Waals surface area contributed by atoms with Crippen molar-refractivity contribution in [3.8, 4) is 0 Å². The van der Waals surface area contributed by atoms with E-state index in [-0.39, 0.29) is 24.4 Å². The highest BCUT2D eigenvalue weighted by molar-refractivity contribution is 7.16. The van der Waals surface area contributed by atoms with Crippen molar-refractivity contribution in [2.75, 3.05) is 11.9 Å². The first-order chi connectivity index (χ1) is 14.4. The lowest BCUT2D eigenvalue weighted by Crippen LogP contribution is -2.44. The molecule has 1 aromatic carbocycles. The second kappa shape index (κ2) is 9.89. The van der Waals surface area contributed by atoms with Crippen LogP contribution in [-0.2, 0) is 16.0 Å². The van der Waals surface area contributed by atoms with Crippen LogP contribution in [0.25, 0.3) is 0 Å². The molecule has 3 rings (SSSR count). The number of carbonyl (C=O) groups excluding carboxylic acids is 3. The first-order valence-corrected chi connectivity index (χ1v) is 11.2. The van der Waals surface area contributed by atoms with E-state index in [0.717, 1.165) is 41.7 Å². The van der Waals surface area contributed by atoms with Gasteiger partial charge in [0.2, 0.25) is 11.8 Å². The SMILES string of the molecule is Cc1sc(NC(=O)CN(C(=O)CCc2ccccc2)C2CCCC2)c(C(N)=O)c1C. The predicted molar refractivity (Wildman–Crippen MR) is 120 cm³/mol. The number of hydrogen-bond acceptors (Lipinski definition) is 4. The van der Waals surface area contributed by atoms with Gasteiger partial charge in [0, 0.05) is 17.3 Å². The number of aryl methyl sites for hydroxylation is 2. The fourth-order valence-corrected chi connectivity index (χ4v) is 5.09. The highest BCUT2D eigenvalue weighted by Crippen LogP contribution is 2.32. The zero-order chi connectivity index (χ0) is 21.7. The van der Waals surface area contributed by atoms with Gasteiger partial charge in [-0.3, -0.25) is 14.4 Å². The molecule has 1 fully saturated rings. The monoisotopic (exact) mass is 427 g/mol.